The van der Waals surface area contributed by atoms with Crippen LogP contribution in [0.2, 0.25) is 0 Å². The smallest absolute Gasteiger partial charge is 0.222 e. The van der Waals surface area contributed by atoms with Crippen LogP contribution in [0.1, 0.15) is 5.56 Å². The Kier molecular flexibility index (Phi) is 4.13. The highest BCUT2D eigenvalue weighted by Gasteiger charge is 1.96. The number of phenols is 1. The maximum Gasteiger partial charge on any atom is 0.222 e. The SMILES string of the molecule is Oc1ccc(CCNc2ncc(I)cn2)cc1. The molecule has 0 atom stereocenters. The van der Waals surface area contributed by atoms with Crippen molar-refractivity contribution < 1.29 is 5.11 Å². The average molecular weight is 341 g/mol. The molecule has 0 unspecified atom stereocenters. The van der Waals surface area contributed by atoms with Crippen LogP contribution < -0.4 is 5.32 Å². The highest BCUT2D eigenvalue weighted by atomic mass is 127. The summed E-state index contributed by atoms with van der Waals surface area (Å²) in [5, 5.41) is 12.3. The van der Waals surface area contributed by atoms with Gasteiger partial charge in [0.2, 0.25) is 5.95 Å². The molecule has 0 radical (unpaired) electrons. The Morgan fingerprint density at radius 3 is 2.41 bits per heavy atom. The molecule has 1 aromatic heterocycles. The highest BCUT2D eigenvalue weighted by molar-refractivity contribution is 14.1. The molecule has 0 bridgehead atoms. The normalized spacial score (nSPS) is 10.2. The summed E-state index contributed by atoms with van der Waals surface area (Å²) in [7, 11) is 0. The molecule has 2 aromatic rings. The van der Waals surface area contributed by atoms with Crippen molar-refractivity contribution in [3.05, 3.63) is 45.8 Å². The van der Waals surface area contributed by atoms with Gasteiger partial charge in [-0.1, -0.05) is 12.1 Å². The summed E-state index contributed by atoms with van der Waals surface area (Å²) in [6, 6.07) is 7.20. The zero-order valence-electron chi connectivity index (χ0n) is 9.10. The van der Waals surface area contributed by atoms with Gasteiger partial charge in [0, 0.05) is 22.5 Å². The van der Waals surface area contributed by atoms with Gasteiger partial charge in [-0.05, 0) is 46.7 Å². The summed E-state index contributed by atoms with van der Waals surface area (Å²) < 4.78 is 1.02. The molecule has 0 saturated carbocycles. The van der Waals surface area contributed by atoms with Crippen LogP contribution in [0.4, 0.5) is 5.95 Å². The van der Waals surface area contributed by atoms with E-state index in [0.717, 1.165) is 16.5 Å². The van der Waals surface area contributed by atoms with Crippen molar-refractivity contribution in [3.63, 3.8) is 0 Å². The minimum atomic E-state index is 0.294. The molecule has 0 spiro atoms. The van der Waals surface area contributed by atoms with E-state index >= 15 is 0 Å². The fourth-order valence-electron chi connectivity index (χ4n) is 1.38. The molecule has 0 amide bonds. The number of aromatic hydroxyl groups is 1. The summed E-state index contributed by atoms with van der Waals surface area (Å²) in [6.45, 7) is 0.769. The topological polar surface area (TPSA) is 58.0 Å². The number of phenolic OH excluding ortho intramolecular Hbond substituents is 1. The van der Waals surface area contributed by atoms with Crippen molar-refractivity contribution >= 4 is 28.5 Å². The van der Waals surface area contributed by atoms with Gasteiger partial charge in [-0.15, -0.1) is 0 Å². The molecule has 1 aromatic carbocycles. The van der Waals surface area contributed by atoms with Crippen LogP contribution in [0.3, 0.4) is 0 Å². The number of benzene rings is 1. The summed E-state index contributed by atoms with van der Waals surface area (Å²) in [5.41, 5.74) is 1.17. The Morgan fingerprint density at radius 1 is 1.12 bits per heavy atom. The van der Waals surface area contributed by atoms with Gasteiger partial charge < -0.3 is 10.4 Å². The van der Waals surface area contributed by atoms with Crippen LogP contribution in [-0.2, 0) is 6.42 Å². The van der Waals surface area contributed by atoms with E-state index in [0.29, 0.717) is 11.7 Å². The van der Waals surface area contributed by atoms with E-state index in [4.69, 9.17) is 5.11 Å². The summed E-state index contributed by atoms with van der Waals surface area (Å²) in [5.74, 6) is 0.937. The number of anilines is 1. The van der Waals surface area contributed by atoms with Gasteiger partial charge in [-0.3, -0.25) is 0 Å². The molecule has 0 saturated heterocycles. The Hall–Kier alpha value is -1.37. The predicted octanol–water partition coefficient (Wildman–Crippen LogP) is 2.44. The van der Waals surface area contributed by atoms with Crippen molar-refractivity contribution in [2.45, 2.75) is 6.42 Å². The average Bonchev–Trinajstić information content (AvgIpc) is 2.34. The van der Waals surface area contributed by atoms with E-state index in [1.54, 1.807) is 24.5 Å². The van der Waals surface area contributed by atoms with E-state index < -0.39 is 0 Å². The maximum atomic E-state index is 9.15. The van der Waals surface area contributed by atoms with E-state index in [-0.39, 0.29) is 0 Å². The van der Waals surface area contributed by atoms with Gasteiger partial charge in [-0.2, -0.15) is 0 Å². The van der Waals surface area contributed by atoms with Gasteiger partial charge in [0.05, 0.1) is 0 Å². The van der Waals surface area contributed by atoms with Crippen molar-refractivity contribution in [1.29, 1.82) is 0 Å². The minimum absolute atomic E-state index is 0.294. The van der Waals surface area contributed by atoms with Crippen LogP contribution in [0, 0.1) is 3.57 Å². The van der Waals surface area contributed by atoms with Crippen molar-refractivity contribution in [3.8, 4) is 5.75 Å². The quantitative estimate of drug-likeness (QED) is 0.839. The van der Waals surface area contributed by atoms with Gasteiger partial charge in [0.15, 0.2) is 0 Å². The molecule has 4 nitrogen and oxygen atoms in total. The molecular weight excluding hydrogens is 329 g/mol. The Balaban J connectivity index is 1.83. The zero-order chi connectivity index (χ0) is 12.1. The van der Waals surface area contributed by atoms with Crippen molar-refractivity contribution in [1.82, 2.24) is 9.97 Å². The van der Waals surface area contributed by atoms with Gasteiger partial charge in [0.25, 0.3) is 0 Å². The van der Waals surface area contributed by atoms with Crippen molar-refractivity contribution in [2.75, 3.05) is 11.9 Å². The number of rotatable bonds is 4. The number of hydrogen-bond donors (Lipinski definition) is 2. The number of aromatic nitrogens is 2. The third-order valence-corrected chi connectivity index (χ3v) is 2.81. The first-order chi connectivity index (χ1) is 8.24. The lowest BCUT2D eigenvalue weighted by Crippen LogP contribution is -2.07. The number of halogens is 1. The molecule has 0 aliphatic carbocycles. The third kappa shape index (κ3) is 3.85. The first-order valence-corrected chi connectivity index (χ1v) is 6.31. The molecule has 88 valence electrons. The fourth-order valence-corrected chi connectivity index (χ4v) is 1.66. The van der Waals surface area contributed by atoms with E-state index in [1.165, 1.54) is 5.56 Å². The van der Waals surface area contributed by atoms with Crippen LogP contribution in [0.25, 0.3) is 0 Å². The minimum Gasteiger partial charge on any atom is -0.508 e. The molecule has 0 aliphatic heterocycles. The summed E-state index contributed by atoms with van der Waals surface area (Å²) in [4.78, 5) is 8.31. The number of nitrogens with one attached hydrogen (secondary N) is 1. The van der Waals surface area contributed by atoms with Gasteiger partial charge in [0.1, 0.15) is 5.75 Å². The third-order valence-electron chi connectivity index (χ3n) is 2.25. The molecule has 0 fully saturated rings. The second-order valence-corrected chi connectivity index (χ2v) is 4.81. The zero-order valence-corrected chi connectivity index (χ0v) is 11.3. The second-order valence-electron chi connectivity index (χ2n) is 3.57. The van der Waals surface area contributed by atoms with E-state index in [1.807, 2.05) is 12.1 Å². The Bertz CT molecular complexity index is 425. The second kappa shape index (κ2) is 5.81. The highest BCUT2D eigenvalue weighted by Crippen LogP contribution is 2.10. The first kappa shape index (κ1) is 12.1. The lowest BCUT2D eigenvalue weighted by Gasteiger charge is -2.04. The van der Waals surface area contributed by atoms with E-state index in [9.17, 15) is 0 Å². The molecule has 17 heavy (non-hydrogen) atoms. The van der Waals surface area contributed by atoms with Crippen LogP contribution in [0.15, 0.2) is 36.7 Å². The van der Waals surface area contributed by atoms with Gasteiger partial charge >= 0.3 is 0 Å². The molecular formula is C12H12IN3O. The predicted molar refractivity (Wildman–Crippen MR) is 75.0 cm³/mol. The molecule has 2 N–H and O–H groups in total. The van der Waals surface area contributed by atoms with E-state index in [2.05, 4.69) is 37.9 Å². The molecule has 1 heterocycles. The lowest BCUT2D eigenvalue weighted by molar-refractivity contribution is 0.475. The Labute approximate surface area is 113 Å². The first-order valence-electron chi connectivity index (χ1n) is 5.23. The standard InChI is InChI=1S/C12H12IN3O/c13-10-7-15-12(16-8-10)14-6-5-9-1-3-11(17)4-2-9/h1-4,7-8,17H,5-6H2,(H,14,15,16). The molecule has 0 aliphatic rings. The maximum absolute atomic E-state index is 9.15. The summed E-state index contributed by atoms with van der Waals surface area (Å²) >= 11 is 2.17. The monoisotopic (exact) mass is 341 g/mol. The number of hydrogen-bond acceptors (Lipinski definition) is 4. The largest absolute Gasteiger partial charge is 0.508 e. The van der Waals surface area contributed by atoms with Crippen LogP contribution in [-0.4, -0.2) is 21.6 Å². The van der Waals surface area contributed by atoms with Gasteiger partial charge in [-0.25, -0.2) is 9.97 Å². The molecule has 2 rings (SSSR count). The number of nitrogens with zero attached hydrogens (tertiary/aromatic N) is 2. The summed E-state index contributed by atoms with van der Waals surface area (Å²) in [6.07, 6.45) is 4.42. The van der Waals surface area contributed by atoms with Crippen LogP contribution >= 0.6 is 22.6 Å². The lowest BCUT2D eigenvalue weighted by atomic mass is 10.1. The Morgan fingerprint density at radius 2 is 1.76 bits per heavy atom. The van der Waals surface area contributed by atoms with Crippen LogP contribution in [0.5, 0.6) is 5.75 Å². The molecule has 5 heteroatoms. The van der Waals surface area contributed by atoms with Crippen molar-refractivity contribution in [2.24, 2.45) is 0 Å². The fraction of sp³-hybridized carbons (Fsp3) is 0.167.